The van der Waals surface area contributed by atoms with Crippen molar-refractivity contribution in [3.05, 3.63) is 52.2 Å². The molecule has 31 heavy (non-hydrogen) atoms. The molecule has 1 aliphatic rings. The van der Waals surface area contributed by atoms with Crippen molar-refractivity contribution in [3.8, 4) is 5.69 Å². The Kier molecular flexibility index (Phi) is 6.59. The summed E-state index contributed by atoms with van der Waals surface area (Å²) in [6, 6.07) is 10.2. The van der Waals surface area contributed by atoms with Gasteiger partial charge in [-0.1, -0.05) is 0 Å². The molecular weight excluding hydrogens is 414 g/mol. The Balaban J connectivity index is 1.86. The third-order valence-corrected chi connectivity index (χ3v) is 5.82. The quantitative estimate of drug-likeness (QED) is 0.495. The van der Waals surface area contributed by atoms with Gasteiger partial charge in [0.15, 0.2) is 0 Å². The summed E-state index contributed by atoms with van der Waals surface area (Å²) in [6.45, 7) is 7.03. The minimum atomic E-state index is -0.599. The highest BCUT2D eigenvalue weighted by molar-refractivity contribution is 8.18. The van der Waals surface area contributed by atoms with Crippen molar-refractivity contribution in [1.29, 1.82) is 0 Å². The number of hydrogen-bond donors (Lipinski definition) is 0. The van der Waals surface area contributed by atoms with E-state index in [1.807, 2.05) is 51.0 Å². The summed E-state index contributed by atoms with van der Waals surface area (Å²) in [5.74, 6) is -1.08. The monoisotopic (exact) mass is 441 g/mol. The maximum Gasteiger partial charge on any atom is 0.326 e. The summed E-state index contributed by atoms with van der Waals surface area (Å²) in [7, 11) is 3.99. The fourth-order valence-corrected chi connectivity index (χ4v) is 4.27. The van der Waals surface area contributed by atoms with Gasteiger partial charge in [0.2, 0.25) is 0 Å². The molecule has 0 unspecified atom stereocenters. The van der Waals surface area contributed by atoms with E-state index >= 15 is 0 Å². The van der Waals surface area contributed by atoms with Gasteiger partial charge >= 0.3 is 5.97 Å². The Labute approximate surface area is 186 Å². The van der Waals surface area contributed by atoms with Gasteiger partial charge in [-0.3, -0.25) is 19.3 Å². The molecule has 0 saturated carbocycles. The number of hydrogen-bond acceptors (Lipinski definition) is 6. The lowest BCUT2D eigenvalue weighted by molar-refractivity contribution is -0.149. The summed E-state index contributed by atoms with van der Waals surface area (Å²) < 4.78 is 7.16. The largest absolute Gasteiger partial charge is 0.462 e. The average molecular weight is 442 g/mol. The molecule has 0 N–H and O–H groups in total. The second kappa shape index (κ2) is 9.01. The Morgan fingerprint density at radius 1 is 1.16 bits per heavy atom. The van der Waals surface area contributed by atoms with E-state index in [0.29, 0.717) is 4.91 Å². The highest BCUT2D eigenvalue weighted by atomic mass is 32.2. The molecule has 0 atom stereocenters. The summed E-state index contributed by atoms with van der Waals surface area (Å²) >= 11 is 0.838. The summed E-state index contributed by atoms with van der Waals surface area (Å²) in [5.41, 5.74) is 4.95. The summed E-state index contributed by atoms with van der Waals surface area (Å²) in [4.78, 5) is 40.1. The van der Waals surface area contributed by atoms with Crippen molar-refractivity contribution in [1.82, 2.24) is 9.47 Å². The molecule has 2 heterocycles. The number of esters is 1. The third kappa shape index (κ3) is 4.85. The third-order valence-electron chi connectivity index (χ3n) is 4.91. The van der Waals surface area contributed by atoms with E-state index in [4.69, 9.17) is 4.74 Å². The number of ether oxygens (including phenoxy) is 1. The van der Waals surface area contributed by atoms with E-state index in [9.17, 15) is 14.4 Å². The van der Waals surface area contributed by atoms with E-state index in [1.165, 1.54) is 0 Å². The summed E-state index contributed by atoms with van der Waals surface area (Å²) in [6.07, 6.45) is 1.41. The van der Waals surface area contributed by atoms with Crippen LogP contribution >= 0.6 is 11.8 Å². The highest BCUT2D eigenvalue weighted by Gasteiger charge is 2.37. The van der Waals surface area contributed by atoms with Crippen LogP contribution in [0.2, 0.25) is 0 Å². The van der Waals surface area contributed by atoms with Crippen LogP contribution in [0, 0.1) is 13.8 Å². The molecule has 164 valence electrons. The van der Waals surface area contributed by atoms with Gasteiger partial charge in [-0.2, -0.15) is 0 Å². The zero-order chi connectivity index (χ0) is 22.9. The Bertz CT molecular complexity index is 1050. The maximum atomic E-state index is 12.7. The number of aryl methyl sites for hydroxylation is 1. The van der Waals surface area contributed by atoms with Crippen molar-refractivity contribution < 1.29 is 19.1 Å². The van der Waals surface area contributed by atoms with Crippen LogP contribution in [0.25, 0.3) is 11.8 Å². The standard InChI is InChI=1S/C23H27N3O4S/c1-14(2)30-21(27)13-25-22(28)20(31-23(25)29)12-17-11-15(3)26(16(17)4)19-9-7-18(8-10-19)24(5)6/h7-12,14H,13H2,1-6H3/b20-12-. The molecule has 1 aromatic carbocycles. The van der Waals surface area contributed by atoms with Crippen LogP contribution in [-0.4, -0.2) is 53.3 Å². The Hall–Kier alpha value is -3.00. The molecular formula is C23H27N3O4S. The smallest absolute Gasteiger partial charge is 0.326 e. The number of anilines is 1. The zero-order valence-electron chi connectivity index (χ0n) is 18.6. The van der Waals surface area contributed by atoms with E-state index in [1.54, 1.807) is 19.9 Å². The van der Waals surface area contributed by atoms with Crippen LogP contribution in [-0.2, 0) is 14.3 Å². The predicted octanol–water partition coefficient (Wildman–Crippen LogP) is 4.15. The molecule has 3 rings (SSSR count). The van der Waals surface area contributed by atoms with Crippen LogP contribution in [0.4, 0.5) is 10.5 Å². The van der Waals surface area contributed by atoms with Gasteiger partial charge in [-0.25, -0.2) is 0 Å². The molecule has 1 aromatic heterocycles. The minimum absolute atomic E-state index is 0.297. The fraction of sp³-hybridized carbons (Fsp3) is 0.348. The van der Waals surface area contributed by atoms with Crippen LogP contribution < -0.4 is 4.90 Å². The van der Waals surface area contributed by atoms with Crippen molar-refractivity contribution in [3.63, 3.8) is 0 Å². The van der Waals surface area contributed by atoms with Gasteiger partial charge < -0.3 is 14.2 Å². The second-order valence-corrected chi connectivity index (χ2v) is 8.87. The maximum absolute atomic E-state index is 12.7. The number of amides is 2. The van der Waals surface area contributed by atoms with Crippen LogP contribution in [0.3, 0.4) is 0 Å². The predicted molar refractivity (Wildman–Crippen MR) is 123 cm³/mol. The number of carbonyl (C=O) groups is 3. The van der Waals surface area contributed by atoms with Crippen molar-refractivity contribution in [2.45, 2.75) is 33.8 Å². The number of imide groups is 1. The van der Waals surface area contributed by atoms with Crippen LogP contribution in [0.15, 0.2) is 35.2 Å². The molecule has 8 heteroatoms. The number of benzene rings is 1. The topological polar surface area (TPSA) is 71.8 Å². The van der Waals surface area contributed by atoms with E-state index in [0.717, 1.165) is 45.0 Å². The van der Waals surface area contributed by atoms with E-state index < -0.39 is 17.1 Å². The van der Waals surface area contributed by atoms with Crippen molar-refractivity contribution in [2.24, 2.45) is 0 Å². The van der Waals surface area contributed by atoms with Crippen LogP contribution in [0.1, 0.15) is 30.8 Å². The molecule has 0 aliphatic carbocycles. The fourth-order valence-electron chi connectivity index (χ4n) is 3.44. The second-order valence-electron chi connectivity index (χ2n) is 7.88. The molecule has 7 nitrogen and oxygen atoms in total. The lowest BCUT2D eigenvalue weighted by Crippen LogP contribution is -2.35. The molecule has 0 bridgehead atoms. The first-order valence-electron chi connectivity index (χ1n) is 10.00. The highest BCUT2D eigenvalue weighted by Crippen LogP contribution is 2.33. The van der Waals surface area contributed by atoms with Crippen molar-refractivity contribution in [2.75, 3.05) is 25.5 Å². The molecule has 1 fully saturated rings. The first-order valence-corrected chi connectivity index (χ1v) is 10.8. The Morgan fingerprint density at radius 2 is 1.81 bits per heavy atom. The first-order chi connectivity index (χ1) is 14.6. The molecule has 2 aromatic rings. The van der Waals surface area contributed by atoms with Gasteiger partial charge in [0.1, 0.15) is 6.54 Å². The number of nitrogens with zero attached hydrogens (tertiary/aromatic N) is 3. The number of carbonyl (C=O) groups excluding carboxylic acids is 3. The molecule has 1 saturated heterocycles. The van der Waals surface area contributed by atoms with Gasteiger partial charge in [-0.05, 0) is 81.4 Å². The zero-order valence-corrected chi connectivity index (χ0v) is 19.4. The van der Waals surface area contributed by atoms with Gasteiger partial charge in [-0.15, -0.1) is 0 Å². The lowest BCUT2D eigenvalue weighted by atomic mass is 10.2. The number of aromatic nitrogens is 1. The first kappa shape index (κ1) is 22.7. The molecule has 2 amide bonds. The number of rotatable bonds is 6. The van der Waals surface area contributed by atoms with Gasteiger partial charge in [0.05, 0.1) is 11.0 Å². The normalized spacial score (nSPS) is 15.3. The summed E-state index contributed by atoms with van der Waals surface area (Å²) in [5, 5.41) is -0.468. The van der Waals surface area contributed by atoms with Crippen LogP contribution in [0.5, 0.6) is 0 Å². The van der Waals surface area contributed by atoms with Gasteiger partial charge in [0.25, 0.3) is 11.1 Å². The lowest BCUT2D eigenvalue weighted by Gasteiger charge is -2.15. The average Bonchev–Trinajstić information content (AvgIpc) is 3.11. The van der Waals surface area contributed by atoms with Gasteiger partial charge in [0, 0.05) is 36.9 Å². The Morgan fingerprint density at radius 3 is 2.39 bits per heavy atom. The minimum Gasteiger partial charge on any atom is -0.462 e. The number of thioether (sulfide) groups is 1. The van der Waals surface area contributed by atoms with Crippen molar-refractivity contribution >= 4 is 40.6 Å². The van der Waals surface area contributed by atoms with E-state index in [2.05, 4.69) is 16.7 Å². The molecule has 1 aliphatic heterocycles. The molecule has 0 radical (unpaired) electrons. The SMILES string of the molecule is Cc1cc(/C=C2\SC(=O)N(CC(=O)OC(C)C)C2=O)c(C)n1-c1ccc(N(C)C)cc1. The van der Waals surface area contributed by atoms with E-state index in [-0.39, 0.29) is 12.6 Å². The molecule has 0 spiro atoms.